The van der Waals surface area contributed by atoms with Gasteiger partial charge in [-0.15, -0.1) is 0 Å². The Morgan fingerprint density at radius 2 is 2.00 bits per heavy atom. The van der Waals surface area contributed by atoms with Crippen LogP contribution in [-0.2, 0) is 0 Å². The van der Waals surface area contributed by atoms with E-state index in [0.717, 1.165) is 4.46 Å². The van der Waals surface area contributed by atoms with Crippen LogP contribution in [0.3, 0.4) is 0 Å². The van der Waals surface area contributed by atoms with Crippen LogP contribution in [0.5, 0.6) is 0 Å². The Labute approximate surface area is 77.7 Å². The van der Waals surface area contributed by atoms with Crippen molar-refractivity contribution in [1.82, 2.24) is 4.33 Å². The quantitative estimate of drug-likeness (QED) is 0.684. The fourth-order valence-electron chi connectivity index (χ4n) is 0.716. The molecule has 12 heavy (non-hydrogen) atoms. The van der Waals surface area contributed by atoms with Gasteiger partial charge in [-0.05, 0) is 0 Å². The van der Waals surface area contributed by atoms with Crippen LogP contribution < -0.4 is 14.5 Å². The number of aryl methyl sites for hydroxylation is 1. The second-order valence-corrected chi connectivity index (χ2v) is 4.23. The van der Waals surface area contributed by atoms with E-state index in [1.807, 2.05) is 31.2 Å². The Morgan fingerprint density at radius 3 is 2.50 bits per heavy atom. The summed E-state index contributed by atoms with van der Waals surface area (Å²) in [4.78, 5) is 10.4. The number of hydrogen-bond donors (Lipinski definition) is 2. The van der Waals surface area contributed by atoms with Crippen molar-refractivity contribution in [2.24, 2.45) is 5.73 Å². The molecule has 2 amide bonds. The second kappa shape index (κ2) is 4.14. The zero-order valence-electron chi connectivity index (χ0n) is 6.70. The number of carbonyl (C=O) groups excluding carboxylic acids is 1. The first kappa shape index (κ1) is 9.10. The van der Waals surface area contributed by atoms with E-state index >= 15 is 0 Å². The van der Waals surface area contributed by atoms with Crippen LogP contribution in [-0.4, -0.2) is 21.2 Å². The summed E-state index contributed by atoms with van der Waals surface area (Å²) in [7, 11) is 0. The molecule has 0 aliphatic carbocycles. The van der Waals surface area contributed by atoms with Crippen molar-refractivity contribution in [3.8, 4) is 0 Å². The molecule has 1 rings (SSSR count). The van der Waals surface area contributed by atoms with E-state index in [-0.39, 0.29) is 15.2 Å². The fourth-order valence-corrected chi connectivity index (χ4v) is 1.74. The zero-order chi connectivity index (χ0) is 8.97. The molecule has 0 atom stereocenters. The molecule has 0 spiro atoms. The van der Waals surface area contributed by atoms with Crippen LogP contribution in [0, 0.1) is 6.92 Å². The maximum atomic E-state index is 10.4. The SMILES string of the molecule is Cc1ccc([Se]NC(N)=O)cc1. The Kier molecular flexibility index (Phi) is 3.14. The van der Waals surface area contributed by atoms with Crippen molar-refractivity contribution in [2.45, 2.75) is 6.92 Å². The van der Waals surface area contributed by atoms with Gasteiger partial charge < -0.3 is 0 Å². The first-order chi connectivity index (χ1) is 5.68. The third-order valence-corrected chi connectivity index (χ3v) is 2.99. The van der Waals surface area contributed by atoms with E-state index in [1.165, 1.54) is 5.56 Å². The second-order valence-electron chi connectivity index (χ2n) is 2.38. The molecule has 4 heteroatoms. The van der Waals surface area contributed by atoms with Gasteiger partial charge >= 0.3 is 77.3 Å². The van der Waals surface area contributed by atoms with Crippen LogP contribution in [0.15, 0.2) is 24.3 Å². The molecule has 0 saturated carbocycles. The number of amides is 2. The van der Waals surface area contributed by atoms with Gasteiger partial charge in [-0.3, -0.25) is 0 Å². The zero-order valence-corrected chi connectivity index (χ0v) is 8.42. The molecule has 0 heterocycles. The molecule has 64 valence electrons. The molecular formula is C8H10N2OSe. The molecule has 0 aliphatic heterocycles. The van der Waals surface area contributed by atoms with Gasteiger partial charge in [0.05, 0.1) is 0 Å². The molecule has 1 aromatic carbocycles. The standard InChI is InChI=1S/C8H10N2OSe/c1-6-2-4-7(5-3-6)12-10-8(9)11/h2-5H,1H3,(H3,9,10,11). The third-order valence-electron chi connectivity index (χ3n) is 1.29. The predicted molar refractivity (Wildman–Crippen MR) is 49.3 cm³/mol. The van der Waals surface area contributed by atoms with Gasteiger partial charge in [0.25, 0.3) is 0 Å². The van der Waals surface area contributed by atoms with E-state index in [4.69, 9.17) is 5.73 Å². The summed E-state index contributed by atoms with van der Waals surface area (Å²) in [5.41, 5.74) is 6.15. The number of nitrogens with two attached hydrogens (primary N) is 1. The average Bonchev–Trinajstić information content (AvgIpc) is 2.03. The molecule has 1 aromatic rings. The summed E-state index contributed by atoms with van der Waals surface area (Å²) in [6, 6.07) is 7.55. The summed E-state index contributed by atoms with van der Waals surface area (Å²) in [5, 5.41) is 0. The summed E-state index contributed by atoms with van der Waals surface area (Å²) >= 11 is -0.0421. The van der Waals surface area contributed by atoms with Crippen LogP contribution in [0.4, 0.5) is 4.79 Å². The van der Waals surface area contributed by atoms with Crippen LogP contribution in [0.1, 0.15) is 5.56 Å². The molecule has 0 aliphatic rings. The van der Waals surface area contributed by atoms with Crippen LogP contribution in [0.25, 0.3) is 0 Å². The molecule has 0 bridgehead atoms. The van der Waals surface area contributed by atoms with Crippen molar-refractivity contribution >= 4 is 25.7 Å². The fraction of sp³-hybridized carbons (Fsp3) is 0.125. The van der Waals surface area contributed by atoms with Gasteiger partial charge in [-0.2, -0.15) is 0 Å². The van der Waals surface area contributed by atoms with Crippen molar-refractivity contribution < 1.29 is 4.79 Å². The Bertz CT molecular complexity index is 271. The minimum atomic E-state index is -0.462. The summed E-state index contributed by atoms with van der Waals surface area (Å²) in [6.07, 6.45) is 0. The Hall–Kier alpha value is -0.991. The van der Waals surface area contributed by atoms with E-state index in [1.54, 1.807) is 0 Å². The molecular weight excluding hydrogens is 219 g/mol. The maximum absolute atomic E-state index is 10.4. The monoisotopic (exact) mass is 230 g/mol. The Balaban J connectivity index is 2.53. The van der Waals surface area contributed by atoms with E-state index in [0.29, 0.717) is 0 Å². The summed E-state index contributed by atoms with van der Waals surface area (Å²) in [6.45, 7) is 2.03. The number of rotatable bonds is 2. The number of primary amides is 1. The molecule has 0 fully saturated rings. The molecule has 0 unspecified atom stereocenters. The summed E-state index contributed by atoms with van der Waals surface area (Å²) in [5.74, 6) is 0. The molecule has 3 nitrogen and oxygen atoms in total. The number of hydrogen-bond acceptors (Lipinski definition) is 1. The van der Waals surface area contributed by atoms with E-state index in [2.05, 4.69) is 4.33 Å². The van der Waals surface area contributed by atoms with Crippen molar-refractivity contribution in [3.05, 3.63) is 29.8 Å². The van der Waals surface area contributed by atoms with E-state index < -0.39 is 6.03 Å². The third kappa shape index (κ3) is 2.94. The summed E-state index contributed by atoms with van der Waals surface area (Å²) < 4.78 is 3.70. The van der Waals surface area contributed by atoms with Crippen molar-refractivity contribution in [1.29, 1.82) is 0 Å². The van der Waals surface area contributed by atoms with Gasteiger partial charge in [0, 0.05) is 0 Å². The van der Waals surface area contributed by atoms with Gasteiger partial charge in [-0.1, -0.05) is 0 Å². The topological polar surface area (TPSA) is 55.1 Å². The number of nitrogens with one attached hydrogen (secondary N) is 1. The predicted octanol–water partition coefficient (Wildman–Crippen LogP) is -0.0922. The number of benzene rings is 1. The van der Waals surface area contributed by atoms with Crippen molar-refractivity contribution in [2.75, 3.05) is 0 Å². The molecule has 0 radical (unpaired) electrons. The number of carbonyl (C=O) groups is 1. The van der Waals surface area contributed by atoms with Crippen LogP contribution in [0.2, 0.25) is 0 Å². The molecule has 3 N–H and O–H groups in total. The van der Waals surface area contributed by atoms with Gasteiger partial charge in [0.2, 0.25) is 0 Å². The number of urea groups is 1. The minimum absolute atomic E-state index is 0.0421. The van der Waals surface area contributed by atoms with Gasteiger partial charge in [0.15, 0.2) is 0 Å². The van der Waals surface area contributed by atoms with E-state index in [9.17, 15) is 4.79 Å². The van der Waals surface area contributed by atoms with Gasteiger partial charge in [-0.25, -0.2) is 0 Å². The average molecular weight is 229 g/mol. The molecule has 0 saturated heterocycles. The van der Waals surface area contributed by atoms with Crippen LogP contribution >= 0.6 is 0 Å². The van der Waals surface area contributed by atoms with Gasteiger partial charge in [0.1, 0.15) is 0 Å². The first-order valence-corrected chi connectivity index (χ1v) is 5.19. The first-order valence-electron chi connectivity index (χ1n) is 3.47. The van der Waals surface area contributed by atoms with Crippen molar-refractivity contribution in [3.63, 3.8) is 0 Å². The Morgan fingerprint density at radius 1 is 1.42 bits per heavy atom. The normalized spacial score (nSPS) is 9.42. The molecule has 0 aromatic heterocycles.